The maximum atomic E-state index is 12.8. The zero-order valence-corrected chi connectivity index (χ0v) is 15.1. The number of rotatable bonds is 3. The Morgan fingerprint density at radius 3 is 2.74 bits per heavy atom. The van der Waals surface area contributed by atoms with Gasteiger partial charge in [0.25, 0.3) is 5.91 Å². The minimum atomic E-state index is -0.151. The minimum Gasteiger partial charge on any atom is -0.353 e. The van der Waals surface area contributed by atoms with E-state index in [2.05, 4.69) is 25.2 Å². The van der Waals surface area contributed by atoms with E-state index >= 15 is 0 Å². The van der Waals surface area contributed by atoms with E-state index in [0.717, 1.165) is 24.5 Å². The van der Waals surface area contributed by atoms with Crippen LogP contribution in [0.2, 0.25) is 0 Å². The Morgan fingerprint density at radius 2 is 1.96 bits per heavy atom. The second kappa shape index (κ2) is 7.53. The molecule has 8 heteroatoms. The van der Waals surface area contributed by atoms with Crippen molar-refractivity contribution in [2.45, 2.75) is 13.3 Å². The average molecular weight is 364 g/mol. The fourth-order valence-electron chi connectivity index (χ4n) is 3.08. The third-order valence-corrected chi connectivity index (χ3v) is 4.54. The van der Waals surface area contributed by atoms with E-state index in [1.165, 1.54) is 0 Å². The smallest absolute Gasteiger partial charge is 0.292 e. The molecule has 0 atom stereocenters. The van der Waals surface area contributed by atoms with Gasteiger partial charge in [-0.25, -0.2) is 0 Å². The summed E-state index contributed by atoms with van der Waals surface area (Å²) < 4.78 is 5.28. The van der Waals surface area contributed by atoms with Gasteiger partial charge in [0.15, 0.2) is 5.82 Å². The van der Waals surface area contributed by atoms with Gasteiger partial charge in [0.05, 0.1) is 11.4 Å². The van der Waals surface area contributed by atoms with Crippen LogP contribution in [-0.4, -0.2) is 57.3 Å². The molecule has 0 saturated carbocycles. The Bertz CT molecular complexity index is 909. The number of aromatic nitrogens is 4. The summed E-state index contributed by atoms with van der Waals surface area (Å²) in [7, 11) is 0. The van der Waals surface area contributed by atoms with Crippen LogP contribution in [0, 0.1) is 6.92 Å². The number of pyridine rings is 1. The molecule has 0 unspecified atom stereocenters. The standard InChI is InChI=1S/C19H20N6O2/c1-14-6-7-18(22-21-14)24-9-4-10-25(12-11-24)19(26)17-13-16(23-27-17)15-5-2-3-8-20-15/h2-3,5-8,13H,4,9-12H2,1H3. The summed E-state index contributed by atoms with van der Waals surface area (Å²) in [5.74, 6) is 0.924. The van der Waals surface area contributed by atoms with Crippen LogP contribution in [0.25, 0.3) is 11.4 Å². The van der Waals surface area contributed by atoms with Gasteiger partial charge in [-0.3, -0.25) is 9.78 Å². The number of carbonyl (C=O) groups excluding carboxylic acids is 1. The number of hydrogen-bond acceptors (Lipinski definition) is 7. The molecule has 0 bridgehead atoms. The number of amides is 1. The second-order valence-corrected chi connectivity index (χ2v) is 6.46. The predicted octanol–water partition coefficient (Wildman–Crippen LogP) is 2.19. The molecule has 1 aliphatic heterocycles. The van der Waals surface area contributed by atoms with Gasteiger partial charge in [-0.1, -0.05) is 11.2 Å². The lowest BCUT2D eigenvalue weighted by molar-refractivity contribution is 0.0725. The van der Waals surface area contributed by atoms with E-state index in [-0.39, 0.29) is 11.7 Å². The predicted molar refractivity (Wildman–Crippen MR) is 99.2 cm³/mol. The molecule has 1 saturated heterocycles. The summed E-state index contributed by atoms with van der Waals surface area (Å²) in [5.41, 5.74) is 2.13. The lowest BCUT2D eigenvalue weighted by atomic mass is 10.2. The van der Waals surface area contributed by atoms with Gasteiger partial charge in [0.1, 0.15) is 5.69 Å². The van der Waals surface area contributed by atoms with Crippen molar-refractivity contribution in [2.24, 2.45) is 0 Å². The normalized spacial score (nSPS) is 14.9. The highest BCUT2D eigenvalue weighted by atomic mass is 16.5. The lowest BCUT2D eigenvalue weighted by Gasteiger charge is -2.21. The molecule has 0 aliphatic carbocycles. The topological polar surface area (TPSA) is 88.2 Å². The van der Waals surface area contributed by atoms with Gasteiger partial charge in [0.2, 0.25) is 5.76 Å². The van der Waals surface area contributed by atoms with Crippen molar-refractivity contribution in [1.82, 2.24) is 25.2 Å². The molecule has 0 aromatic carbocycles. The van der Waals surface area contributed by atoms with Crippen LogP contribution in [0.3, 0.4) is 0 Å². The molecule has 3 aromatic rings. The minimum absolute atomic E-state index is 0.151. The van der Waals surface area contributed by atoms with E-state index in [1.54, 1.807) is 17.2 Å². The SMILES string of the molecule is Cc1ccc(N2CCCN(C(=O)c3cc(-c4ccccn4)no3)CC2)nn1. The van der Waals surface area contributed by atoms with E-state index < -0.39 is 0 Å². The molecule has 0 spiro atoms. The fourth-order valence-corrected chi connectivity index (χ4v) is 3.08. The Balaban J connectivity index is 1.44. The van der Waals surface area contributed by atoms with Gasteiger partial charge in [0, 0.05) is 38.4 Å². The molecule has 138 valence electrons. The van der Waals surface area contributed by atoms with Crippen molar-refractivity contribution >= 4 is 11.7 Å². The molecule has 1 aliphatic rings. The highest BCUT2D eigenvalue weighted by molar-refractivity contribution is 5.92. The van der Waals surface area contributed by atoms with Crippen molar-refractivity contribution in [3.8, 4) is 11.4 Å². The molecular formula is C19H20N6O2. The van der Waals surface area contributed by atoms with Crippen molar-refractivity contribution in [1.29, 1.82) is 0 Å². The van der Waals surface area contributed by atoms with Gasteiger partial charge < -0.3 is 14.3 Å². The zero-order chi connectivity index (χ0) is 18.6. The summed E-state index contributed by atoms with van der Waals surface area (Å²) in [5, 5.41) is 12.3. The highest BCUT2D eigenvalue weighted by Gasteiger charge is 2.24. The number of anilines is 1. The molecule has 4 rings (SSSR count). The monoisotopic (exact) mass is 364 g/mol. The first-order valence-electron chi connectivity index (χ1n) is 8.93. The van der Waals surface area contributed by atoms with Crippen LogP contribution in [0.15, 0.2) is 47.1 Å². The molecule has 1 fully saturated rings. The van der Waals surface area contributed by atoms with Crippen LogP contribution < -0.4 is 4.90 Å². The van der Waals surface area contributed by atoms with Gasteiger partial charge in [-0.2, -0.15) is 5.10 Å². The van der Waals surface area contributed by atoms with E-state index in [1.807, 2.05) is 37.3 Å². The summed E-state index contributed by atoms with van der Waals surface area (Å²) in [4.78, 5) is 21.0. The van der Waals surface area contributed by atoms with E-state index in [9.17, 15) is 4.79 Å². The Hall–Kier alpha value is -3.29. The quantitative estimate of drug-likeness (QED) is 0.704. The maximum Gasteiger partial charge on any atom is 0.292 e. The number of nitrogens with zero attached hydrogens (tertiary/aromatic N) is 6. The molecular weight excluding hydrogens is 344 g/mol. The second-order valence-electron chi connectivity index (χ2n) is 6.46. The Kier molecular flexibility index (Phi) is 4.78. The van der Waals surface area contributed by atoms with Crippen molar-refractivity contribution in [2.75, 3.05) is 31.1 Å². The lowest BCUT2D eigenvalue weighted by Crippen LogP contribution is -2.35. The fraction of sp³-hybridized carbons (Fsp3) is 0.316. The number of hydrogen-bond donors (Lipinski definition) is 0. The molecule has 8 nitrogen and oxygen atoms in total. The van der Waals surface area contributed by atoms with Crippen LogP contribution in [0.5, 0.6) is 0 Å². The van der Waals surface area contributed by atoms with Gasteiger partial charge >= 0.3 is 0 Å². The van der Waals surface area contributed by atoms with Gasteiger partial charge in [-0.15, -0.1) is 5.10 Å². The Morgan fingerprint density at radius 1 is 1.04 bits per heavy atom. The molecule has 27 heavy (non-hydrogen) atoms. The van der Waals surface area contributed by atoms with Crippen LogP contribution in [0.4, 0.5) is 5.82 Å². The number of carbonyl (C=O) groups is 1. The van der Waals surface area contributed by atoms with Crippen molar-refractivity contribution < 1.29 is 9.32 Å². The third-order valence-electron chi connectivity index (χ3n) is 4.54. The average Bonchev–Trinajstić information content (AvgIpc) is 3.07. The first-order chi connectivity index (χ1) is 13.2. The largest absolute Gasteiger partial charge is 0.353 e. The summed E-state index contributed by atoms with van der Waals surface area (Å²) in [6.07, 6.45) is 2.53. The molecule has 3 aromatic heterocycles. The van der Waals surface area contributed by atoms with Crippen LogP contribution in [0.1, 0.15) is 22.7 Å². The first kappa shape index (κ1) is 17.1. The van der Waals surface area contributed by atoms with Gasteiger partial charge in [-0.05, 0) is 37.6 Å². The van der Waals surface area contributed by atoms with Crippen molar-refractivity contribution in [3.05, 3.63) is 54.0 Å². The van der Waals surface area contributed by atoms with Crippen LogP contribution in [-0.2, 0) is 0 Å². The van der Waals surface area contributed by atoms with Crippen molar-refractivity contribution in [3.63, 3.8) is 0 Å². The molecule has 0 radical (unpaired) electrons. The van der Waals surface area contributed by atoms with E-state index in [4.69, 9.17) is 4.52 Å². The summed E-state index contributed by atoms with van der Waals surface area (Å²) >= 11 is 0. The number of aryl methyl sites for hydroxylation is 1. The van der Waals surface area contributed by atoms with E-state index in [0.29, 0.717) is 31.0 Å². The summed E-state index contributed by atoms with van der Waals surface area (Å²) in [6, 6.07) is 11.1. The van der Waals surface area contributed by atoms with Crippen LogP contribution >= 0.6 is 0 Å². The Labute approximate surface area is 156 Å². The maximum absolute atomic E-state index is 12.8. The first-order valence-corrected chi connectivity index (χ1v) is 8.93. The molecule has 1 amide bonds. The molecule has 4 heterocycles. The third kappa shape index (κ3) is 3.79. The highest BCUT2D eigenvalue weighted by Crippen LogP contribution is 2.19. The summed E-state index contributed by atoms with van der Waals surface area (Å²) in [6.45, 7) is 4.69. The zero-order valence-electron chi connectivity index (χ0n) is 15.1. The molecule has 0 N–H and O–H groups in total.